The molecule has 17 nitrogen and oxygen atoms in total. The minimum absolute atomic E-state index is 0.103. The summed E-state index contributed by atoms with van der Waals surface area (Å²) in [6.07, 6.45) is 52.0. The Morgan fingerprint density at radius 3 is 0.756 bits per heavy atom. The molecule has 0 aliphatic rings. The van der Waals surface area contributed by atoms with Crippen LogP contribution >= 0.6 is 15.6 Å². The Labute approximate surface area is 549 Å². The predicted molar refractivity (Wildman–Crippen MR) is 363 cm³/mol. The number of carbonyl (C=O) groups excluding carboxylic acids is 4. The van der Waals surface area contributed by atoms with E-state index in [1.807, 2.05) is 0 Å². The van der Waals surface area contributed by atoms with Crippen LogP contribution in [0.15, 0.2) is 0 Å². The van der Waals surface area contributed by atoms with Crippen LogP contribution in [0.25, 0.3) is 0 Å². The Bertz CT molecular complexity index is 1740. The average molecular weight is 1330 g/mol. The second-order valence-electron chi connectivity index (χ2n) is 26.1. The Balaban J connectivity index is 5.13. The molecule has 3 N–H and O–H groups in total. The van der Waals surface area contributed by atoms with Crippen molar-refractivity contribution >= 4 is 39.5 Å². The first-order valence-corrected chi connectivity index (χ1v) is 40.1. The summed E-state index contributed by atoms with van der Waals surface area (Å²) in [6, 6.07) is 0. The molecule has 0 aromatic rings. The van der Waals surface area contributed by atoms with E-state index in [0.717, 1.165) is 96.3 Å². The van der Waals surface area contributed by atoms with Crippen LogP contribution in [0.1, 0.15) is 369 Å². The van der Waals surface area contributed by atoms with Crippen LogP contribution in [0.2, 0.25) is 0 Å². The van der Waals surface area contributed by atoms with Crippen molar-refractivity contribution in [2.24, 2.45) is 5.92 Å². The van der Waals surface area contributed by atoms with Gasteiger partial charge in [-0.2, -0.15) is 0 Å². The summed E-state index contributed by atoms with van der Waals surface area (Å²) in [5.74, 6) is -1.44. The van der Waals surface area contributed by atoms with Gasteiger partial charge in [-0.15, -0.1) is 0 Å². The molecule has 0 aromatic heterocycles. The highest BCUT2D eigenvalue weighted by Gasteiger charge is 2.30. The molecule has 0 radical (unpaired) electrons. The first kappa shape index (κ1) is 88.1. The van der Waals surface area contributed by atoms with E-state index in [1.165, 1.54) is 186 Å². The largest absolute Gasteiger partial charge is 0.472 e. The third-order valence-corrected chi connectivity index (χ3v) is 18.4. The van der Waals surface area contributed by atoms with Gasteiger partial charge in [0, 0.05) is 25.7 Å². The second-order valence-corrected chi connectivity index (χ2v) is 29.0. The second kappa shape index (κ2) is 64.4. The van der Waals surface area contributed by atoms with E-state index < -0.39 is 97.5 Å². The molecule has 2 unspecified atom stereocenters. The van der Waals surface area contributed by atoms with Crippen LogP contribution in [-0.2, 0) is 65.4 Å². The zero-order chi connectivity index (χ0) is 66.3. The molecule has 0 amide bonds. The van der Waals surface area contributed by atoms with Gasteiger partial charge in [-0.25, -0.2) is 9.13 Å². The van der Waals surface area contributed by atoms with Crippen molar-refractivity contribution in [1.82, 2.24) is 0 Å². The van der Waals surface area contributed by atoms with E-state index >= 15 is 0 Å². The van der Waals surface area contributed by atoms with Crippen molar-refractivity contribution in [3.8, 4) is 0 Å². The lowest BCUT2D eigenvalue weighted by Gasteiger charge is -2.21. The summed E-state index contributed by atoms with van der Waals surface area (Å²) in [7, 11) is -9.89. The van der Waals surface area contributed by atoms with E-state index in [2.05, 4.69) is 34.6 Å². The fourth-order valence-corrected chi connectivity index (χ4v) is 12.4. The first-order valence-electron chi connectivity index (χ1n) is 37.1. The van der Waals surface area contributed by atoms with E-state index in [0.29, 0.717) is 31.6 Å². The van der Waals surface area contributed by atoms with E-state index in [4.69, 9.17) is 37.0 Å². The molecule has 0 spiro atoms. The lowest BCUT2D eigenvalue weighted by molar-refractivity contribution is -0.161. The highest BCUT2D eigenvalue weighted by Crippen LogP contribution is 2.45. The predicted octanol–water partition coefficient (Wildman–Crippen LogP) is 20.5. The first-order chi connectivity index (χ1) is 43.5. The molecule has 0 saturated heterocycles. The van der Waals surface area contributed by atoms with Crippen molar-refractivity contribution in [2.45, 2.75) is 387 Å². The van der Waals surface area contributed by atoms with Crippen LogP contribution in [0.3, 0.4) is 0 Å². The van der Waals surface area contributed by atoms with Gasteiger partial charge in [0.15, 0.2) is 12.2 Å². The third kappa shape index (κ3) is 64.8. The molecule has 19 heteroatoms. The number of aliphatic hydroxyl groups excluding tert-OH is 1. The quantitative estimate of drug-likeness (QED) is 0.0222. The van der Waals surface area contributed by atoms with Gasteiger partial charge in [-0.3, -0.25) is 37.3 Å². The molecule has 90 heavy (non-hydrogen) atoms. The zero-order valence-electron chi connectivity index (χ0n) is 58.3. The maximum atomic E-state index is 13.0. The van der Waals surface area contributed by atoms with Crippen LogP contribution in [-0.4, -0.2) is 96.7 Å². The SMILES string of the molecule is CCCCCCCCCCCCCCCCCCCCCC(=O)O[C@H](COC(=O)CCCCCCCCCCCCCCCCCC)COP(=O)(O)OC[C@@H](O)COP(=O)(O)OC[C@@H](COC(=O)CCCCCCC)OC(=O)CCCCCCCCCC(C)C. The summed E-state index contributed by atoms with van der Waals surface area (Å²) in [5.41, 5.74) is 0. The summed E-state index contributed by atoms with van der Waals surface area (Å²) < 4.78 is 68.1. The molecule has 0 aliphatic heterocycles. The standard InChI is InChI=1S/C71H138O17P2/c1-6-9-12-15-17-19-21-23-25-27-28-29-31-33-35-37-41-46-51-56-70(75)88-67(61-82-69(74)55-50-45-40-36-34-32-30-26-24-22-20-18-16-13-10-7-2)63-86-90(79,80)84-59-65(72)58-83-89(77,78)85-62-66(60-81-68(73)54-49-43-14-11-8-3)87-71(76)57-52-47-42-38-39-44-48-53-64(4)5/h64-67,72H,6-63H2,1-5H3,(H,77,78)(H,79,80)/t65-,66+,67+/m0/s1. The summed E-state index contributed by atoms with van der Waals surface area (Å²) in [4.78, 5) is 72.3. The van der Waals surface area contributed by atoms with Gasteiger partial charge in [0.05, 0.1) is 26.4 Å². The molecule has 5 atom stereocenters. The molecular weight excluding hydrogens is 1190 g/mol. The summed E-state index contributed by atoms with van der Waals surface area (Å²) in [5, 5.41) is 10.6. The van der Waals surface area contributed by atoms with Crippen molar-refractivity contribution in [2.75, 3.05) is 39.6 Å². The molecule has 0 fully saturated rings. The maximum absolute atomic E-state index is 13.0. The number of ether oxygens (including phenoxy) is 4. The fourth-order valence-electron chi connectivity index (χ4n) is 10.8. The van der Waals surface area contributed by atoms with Gasteiger partial charge in [-0.1, -0.05) is 317 Å². The van der Waals surface area contributed by atoms with Crippen molar-refractivity contribution in [3.63, 3.8) is 0 Å². The number of aliphatic hydroxyl groups is 1. The van der Waals surface area contributed by atoms with Gasteiger partial charge in [0.25, 0.3) is 0 Å². The molecule has 0 heterocycles. The molecular formula is C71H138O17P2. The summed E-state index contributed by atoms with van der Waals surface area (Å²) in [6.45, 7) is 7.10. The number of phosphoric acid groups is 2. The van der Waals surface area contributed by atoms with Gasteiger partial charge < -0.3 is 33.8 Å². The van der Waals surface area contributed by atoms with Gasteiger partial charge in [-0.05, 0) is 31.6 Å². The fraction of sp³-hybridized carbons (Fsp3) is 0.944. The highest BCUT2D eigenvalue weighted by atomic mass is 31.2. The number of unbranched alkanes of at least 4 members (excludes halogenated alkanes) is 43. The van der Waals surface area contributed by atoms with Crippen LogP contribution in [0.4, 0.5) is 0 Å². The average Bonchev–Trinajstić information content (AvgIpc) is 3.01. The smallest absolute Gasteiger partial charge is 0.462 e. The number of phosphoric ester groups is 2. The number of hydrogen-bond acceptors (Lipinski definition) is 15. The van der Waals surface area contributed by atoms with Gasteiger partial charge >= 0.3 is 39.5 Å². The Morgan fingerprint density at radius 2 is 0.511 bits per heavy atom. The Hall–Kier alpha value is -1.94. The van der Waals surface area contributed by atoms with Crippen LogP contribution in [0, 0.1) is 5.92 Å². The monoisotopic (exact) mass is 1320 g/mol. The number of carbonyl (C=O) groups is 4. The topological polar surface area (TPSA) is 237 Å². The third-order valence-electron chi connectivity index (χ3n) is 16.5. The molecule has 0 saturated carbocycles. The lowest BCUT2D eigenvalue weighted by atomic mass is 10.0. The highest BCUT2D eigenvalue weighted by molar-refractivity contribution is 7.47. The Kier molecular flexibility index (Phi) is 63.0. The van der Waals surface area contributed by atoms with E-state index in [1.54, 1.807) is 0 Å². The minimum Gasteiger partial charge on any atom is -0.462 e. The maximum Gasteiger partial charge on any atom is 0.472 e. The molecule has 534 valence electrons. The van der Waals surface area contributed by atoms with Crippen molar-refractivity contribution < 1.29 is 80.2 Å². The molecule has 0 bridgehead atoms. The molecule has 0 aliphatic carbocycles. The number of esters is 4. The Morgan fingerprint density at radius 1 is 0.300 bits per heavy atom. The van der Waals surface area contributed by atoms with Gasteiger partial charge in [0.1, 0.15) is 19.3 Å². The molecule has 0 aromatic carbocycles. The van der Waals surface area contributed by atoms with E-state index in [9.17, 15) is 43.2 Å². The lowest BCUT2D eigenvalue weighted by Crippen LogP contribution is -2.30. The normalized spacial score (nSPS) is 14.1. The van der Waals surface area contributed by atoms with Crippen LogP contribution in [0.5, 0.6) is 0 Å². The zero-order valence-corrected chi connectivity index (χ0v) is 60.1. The molecule has 0 rings (SSSR count). The van der Waals surface area contributed by atoms with E-state index in [-0.39, 0.29) is 25.7 Å². The summed E-state index contributed by atoms with van der Waals surface area (Å²) >= 11 is 0. The van der Waals surface area contributed by atoms with Crippen molar-refractivity contribution in [1.29, 1.82) is 0 Å². The van der Waals surface area contributed by atoms with Crippen molar-refractivity contribution in [3.05, 3.63) is 0 Å². The number of rotatable bonds is 71. The van der Waals surface area contributed by atoms with Gasteiger partial charge in [0.2, 0.25) is 0 Å². The minimum atomic E-state index is -4.95. The van der Waals surface area contributed by atoms with Crippen LogP contribution < -0.4 is 0 Å². The number of hydrogen-bond donors (Lipinski definition) is 3.